The van der Waals surface area contributed by atoms with Gasteiger partial charge in [-0.3, -0.25) is 4.79 Å². The number of amides is 1. The Hall–Kier alpha value is -2.26. The number of morpholine rings is 1. The normalized spacial score (nSPS) is 20.0. The lowest BCUT2D eigenvalue weighted by molar-refractivity contribution is -0.0440. The maximum atomic E-state index is 12.9. The number of carbonyl (C=O) groups excluding carboxylic acids is 1. The van der Waals surface area contributed by atoms with Crippen molar-refractivity contribution in [3.8, 4) is 0 Å². The van der Waals surface area contributed by atoms with Gasteiger partial charge in [-0.2, -0.15) is 4.31 Å². The summed E-state index contributed by atoms with van der Waals surface area (Å²) in [4.78, 5) is 14.9. The highest BCUT2D eigenvalue weighted by Crippen LogP contribution is 2.22. The molecule has 1 fully saturated rings. The van der Waals surface area contributed by atoms with Crippen molar-refractivity contribution >= 4 is 21.6 Å². The van der Waals surface area contributed by atoms with Gasteiger partial charge in [0, 0.05) is 30.9 Å². The molecule has 2 aromatic carbocycles. The maximum Gasteiger partial charge on any atom is 0.255 e. The fourth-order valence-corrected chi connectivity index (χ4v) is 5.16. The largest absolute Gasteiger partial charge is 0.373 e. The second-order valence-electron chi connectivity index (χ2n) is 8.31. The van der Waals surface area contributed by atoms with E-state index in [9.17, 15) is 13.2 Å². The molecule has 0 saturated carbocycles. The Kier molecular flexibility index (Phi) is 7.48. The van der Waals surface area contributed by atoms with E-state index in [2.05, 4.69) is 10.2 Å². The van der Waals surface area contributed by atoms with Crippen molar-refractivity contribution in [2.45, 2.75) is 37.4 Å². The lowest BCUT2D eigenvalue weighted by Gasteiger charge is -2.34. The van der Waals surface area contributed by atoms with Gasteiger partial charge in [0.05, 0.1) is 17.1 Å². The lowest BCUT2D eigenvalue weighted by atomic mass is 10.1. The number of sulfonamides is 1. The molecule has 1 heterocycles. The number of hydrogen-bond donors (Lipinski definition) is 1. The molecule has 8 heteroatoms. The Balaban J connectivity index is 1.65. The molecule has 0 radical (unpaired) electrons. The number of anilines is 1. The minimum absolute atomic E-state index is 0.155. The fraction of sp³-hybridized carbons (Fsp3) is 0.435. The molecule has 3 rings (SSSR count). The van der Waals surface area contributed by atoms with E-state index in [1.807, 2.05) is 52.2 Å². The van der Waals surface area contributed by atoms with Crippen LogP contribution in [0.2, 0.25) is 0 Å². The quantitative estimate of drug-likeness (QED) is 0.709. The first kappa shape index (κ1) is 23.4. The van der Waals surface area contributed by atoms with E-state index in [1.165, 1.54) is 22.0 Å². The molecule has 1 aliphatic heterocycles. The van der Waals surface area contributed by atoms with Crippen LogP contribution in [0.4, 0.5) is 5.69 Å². The molecule has 0 bridgehead atoms. The zero-order chi connectivity index (χ0) is 22.6. The highest BCUT2D eigenvalue weighted by Gasteiger charge is 2.32. The van der Waals surface area contributed by atoms with Crippen LogP contribution in [0.25, 0.3) is 0 Å². The first-order chi connectivity index (χ1) is 14.6. The topological polar surface area (TPSA) is 79.0 Å². The fourth-order valence-electron chi connectivity index (χ4n) is 3.57. The summed E-state index contributed by atoms with van der Waals surface area (Å²) in [6.45, 7) is 5.32. The van der Waals surface area contributed by atoms with Gasteiger partial charge in [-0.25, -0.2) is 8.42 Å². The van der Waals surface area contributed by atoms with Crippen LogP contribution in [0.3, 0.4) is 0 Å². The minimum Gasteiger partial charge on any atom is -0.373 e. The molecule has 1 amide bonds. The van der Waals surface area contributed by atoms with Gasteiger partial charge in [0.25, 0.3) is 5.91 Å². The van der Waals surface area contributed by atoms with Crippen LogP contribution < -0.4 is 5.32 Å². The summed E-state index contributed by atoms with van der Waals surface area (Å²) >= 11 is 0. The third-order valence-electron chi connectivity index (χ3n) is 5.20. The zero-order valence-corrected chi connectivity index (χ0v) is 19.4. The molecule has 1 aliphatic rings. The lowest BCUT2D eigenvalue weighted by Crippen LogP contribution is -2.48. The SMILES string of the molecule is CC1CN(S(=O)(=O)c2ccc(C(=O)Nc3ccc(CCN(C)C)cc3)cc2)CC(C)O1. The van der Waals surface area contributed by atoms with Gasteiger partial charge in [0.15, 0.2) is 0 Å². The van der Waals surface area contributed by atoms with E-state index in [4.69, 9.17) is 4.74 Å². The first-order valence-corrected chi connectivity index (χ1v) is 11.9. The summed E-state index contributed by atoms with van der Waals surface area (Å²) in [5.74, 6) is -0.279. The van der Waals surface area contributed by atoms with Crippen molar-refractivity contribution in [2.24, 2.45) is 0 Å². The van der Waals surface area contributed by atoms with Crippen molar-refractivity contribution in [2.75, 3.05) is 39.0 Å². The monoisotopic (exact) mass is 445 g/mol. The van der Waals surface area contributed by atoms with Gasteiger partial charge >= 0.3 is 0 Å². The van der Waals surface area contributed by atoms with E-state index < -0.39 is 10.0 Å². The third kappa shape index (κ3) is 6.13. The Morgan fingerprint density at radius 1 is 1.03 bits per heavy atom. The predicted molar refractivity (Wildman–Crippen MR) is 122 cm³/mol. The number of rotatable bonds is 7. The van der Waals surface area contributed by atoms with Crippen molar-refractivity contribution < 1.29 is 17.9 Å². The Morgan fingerprint density at radius 2 is 1.61 bits per heavy atom. The molecule has 1 N–H and O–H groups in total. The smallest absolute Gasteiger partial charge is 0.255 e. The Morgan fingerprint density at radius 3 is 2.16 bits per heavy atom. The second-order valence-corrected chi connectivity index (χ2v) is 10.2. The van der Waals surface area contributed by atoms with E-state index in [1.54, 1.807) is 12.1 Å². The Bertz CT molecular complexity index is 978. The number of hydrogen-bond acceptors (Lipinski definition) is 5. The van der Waals surface area contributed by atoms with Gasteiger partial charge in [0.2, 0.25) is 10.0 Å². The summed E-state index contributed by atoms with van der Waals surface area (Å²) in [5.41, 5.74) is 2.30. The van der Waals surface area contributed by atoms with Crippen LogP contribution in [-0.4, -0.2) is 69.5 Å². The summed E-state index contributed by atoms with van der Waals surface area (Å²) in [5, 5.41) is 2.86. The molecule has 168 valence electrons. The molecular weight excluding hydrogens is 414 g/mol. The predicted octanol–water partition coefficient (Wildman–Crippen LogP) is 2.84. The summed E-state index contributed by atoms with van der Waals surface area (Å²) in [6.07, 6.45) is 0.633. The van der Waals surface area contributed by atoms with Crippen LogP contribution in [0.1, 0.15) is 29.8 Å². The average Bonchev–Trinajstić information content (AvgIpc) is 2.72. The molecule has 2 aromatic rings. The molecule has 2 unspecified atom stereocenters. The van der Waals surface area contributed by atoms with E-state index in [-0.39, 0.29) is 23.0 Å². The van der Waals surface area contributed by atoms with Gasteiger partial charge in [-0.1, -0.05) is 12.1 Å². The van der Waals surface area contributed by atoms with Crippen molar-refractivity contribution in [1.82, 2.24) is 9.21 Å². The summed E-state index contributed by atoms with van der Waals surface area (Å²) in [6, 6.07) is 13.8. The highest BCUT2D eigenvalue weighted by atomic mass is 32.2. The Labute approximate surface area is 185 Å². The molecular formula is C23H31N3O4S. The van der Waals surface area contributed by atoms with Crippen LogP contribution in [0.15, 0.2) is 53.4 Å². The molecule has 7 nitrogen and oxygen atoms in total. The number of nitrogens with zero attached hydrogens (tertiary/aromatic N) is 2. The van der Waals surface area contributed by atoms with Crippen LogP contribution in [0.5, 0.6) is 0 Å². The summed E-state index contributed by atoms with van der Waals surface area (Å²) < 4.78 is 33.0. The molecule has 1 saturated heterocycles. The van der Waals surface area contributed by atoms with E-state index in [0.717, 1.165) is 13.0 Å². The number of benzene rings is 2. The van der Waals surface area contributed by atoms with E-state index >= 15 is 0 Å². The number of carbonyl (C=O) groups is 1. The zero-order valence-electron chi connectivity index (χ0n) is 18.5. The number of nitrogens with one attached hydrogen (secondary N) is 1. The standard InChI is InChI=1S/C23H31N3O4S/c1-17-15-26(16-18(2)30-17)31(28,29)22-11-7-20(8-12-22)23(27)24-21-9-5-19(6-10-21)13-14-25(3)4/h5-12,17-18H,13-16H2,1-4H3,(H,24,27). The van der Waals surface area contributed by atoms with Crippen molar-refractivity contribution in [3.05, 3.63) is 59.7 Å². The molecule has 0 aromatic heterocycles. The van der Waals surface area contributed by atoms with Crippen LogP contribution in [-0.2, 0) is 21.2 Å². The molecule has 0 spiro atoms. The summed E-state index contributed by atoms with van der Waals surface area (Å²) in [7, 11) is 0.442. The van der Waals surface area contributed by atoms with Crippen molar-refractivity contribution in [1.29, 1.82) is 0 Å². The van der Waals surface area contributed by atoms with Crippen LogP contribution >= 0.6 is 0 Å². The number of likely N-dealkylation sites (N-methyl/N-ethyl adjacent to an activating group) is 1. The number of ether oxygens (including phenoxy) is 1. The van der Waals surface area contributed by atoms with E-state index in [0.29, 0.717) is 24.3 Å². The van der Waals surface area contributed by atoms with Gasteiger partial charge in [0.1, 0.15) is 0 Å². The molecule has 0 aliphatic carbocycles. The highest BCUT2D eigenvalue weighted by molar-refractivity contribution is 7.89. The molecule has 31 heavy (non-hydrogen) atoms. The van der Waals surface area contributed by atoms with Gasteiger partial charge in [-0.15, -0.1) is 0 Å². The first-order valence-electron chi connectivity index (χ1n) is 10.5. The minimum atomic E-state index is -3.63. The second kappa shape index (κ2) is 9.91. The maximum absolute atomic E-state index is 12.9. The van der Waals surface area contributed by atoms with Crippen LogP contribution in [0, 0.1) is 0 Å². The third-order valence-corrected chi connectivity index (χ3v) is 7.05. The van der Waals surface area contributed by atoms with Gasteiger partial charge in [-0.05, 0) is 76.3 Å². The average molecular weight is 446 g/mol. The van der Waals surface area contributed by atoms with Crippen molar-refractivity contribution in [3.63, 3.8) is 0 Å². The van der Waals surface area contributed by atoms with Gasteiger partial charge < -0.3 is 15.0 Å². The molecule has 2 atom stereocenters.